The van der Waals surface area contributed by atoms with E-state index in [1.807, 2.05) is 24.3 Å². The molecule has 0 radical (unpaired) electrons. The number of anilines is 1. The van der Waals surface area contributed by atoms with Crippen LogP contribution in [-0.2, 0) is 14.8 Å². The van der Waals surface area contributed by atoms with E-state index in [-0.39, 0.29) is 5.69 Å². The molecule has 0 aliphatic heterocycles. The van der Waals surface area contributed by atoms with Gasteiger partial charge in [-0.3, -0.25) is 9.10 Å². The molecular weight excluding hydrogens is 472 g/mol. The summed E-state index contributed by atoms with van der Waals surface area (Å²) in [7, 11) is -3.72. The third kappa shape index (κ3) is 5.77. The molecule has 0 aliphatic carbocycles. The van der Waals surface area contributed by atoms with Crippen LogP contribution in [0, 0.1) is 9.39 Å². The zero-order chi connectivity index (χ0) is 19.3. The van der Waals surface area contributed by atoms with E-state index in [1.54, 1.807) is 6.92 Å². The van der Waals surface area contributed by atoms with Gasteiger partial charge in [0.25, 0.3) is 5.91 Å². The maximum atomic E-state index is 13.0. The summed E-state index contributed by atoms with van der Waals surface area (Å²) >= 11 is 2.17. The van der Waals surface area contributed by atoms with Gasteiger partial charge in [-0.05, 0) is 71.5 Å². The molecule has 0 bridgehead atoms. The molecule has 0 unspecified atom stereocenters. The first-order valence-electron chi connectivity index (χ1n) is 7.49. The number of amides is 1. The van der Waals surface area contributed by atoms with E-state index >= 15 is 0 Å². The minimum atomic E-state index is -3.72. The second kappa shape index (κ2) is 8.58. The fraction of sp³-hybridized carbons (Fsp3) is 0.176. The van der Waals surface area contributed by atoms with E-state index in [0.717, 1.165) is 31.8 Å². The molecule has 1 amide bonds. The van der Waals surface area contributed by atoms with Crippen molar-refractivity contribution in [2.24, 2.45) is 5.10 Å². The Labute approximate surface area is 165 Å². The molecule has 0 atom stereocenters. The van der Waals surface area contributed by atoms with Gasteiger partial charge in [0.15, 0.2) is 0 Å². The topological polar surface area (TPSA) is 78.8 Å². The first-order chi connectivity index (χ1) is 12.2. The highest BCUT2D eigenvalue weighted by molar-refractivity contribution is 14.1. The van der Waals surface area contributed by atoms with Crippen molar-refractivity contribution >= 4 is 49.9 Å². The van der Waals surface area contributed by atoms with Crippen LogP contribution in [0.15, 0.2) is 53.6 Å². The van der Waals surface area contributed by atoms with Gasteiger partial charge in [0.05, 0.1) is 17.7 Å². The average Bonchev–Trinajstić information content (AvgIpc) is 2.57. The molecule has 0 aliphatic rings. The lowest BCUT2D eigenvalue weighted by atomic mass is 10.1. The van der Waals surface area contributed by atoms with Gasteiger partial charge >= 0.3 is 0 Å². The number of hydrogen-bond donors (Lipinski definition) is 1. The lowest BCUT2D eigenvalue weighted by Crippen LogP contribution is -2.39. The minimum absolute atomic E-state index is 0.197. The number of benzene rings is 2. The van der Waals surface area contributed by atoms with Crippen molar-refractivity contribution in [1.82, 2.24) is 5.43 Å². The predicted octanol–water partition coefficient (Wildman–Crippen LogP) is 2.74. The van der Waals surface area contributed by atoms with Gasteiger partial charge in [-0.2, -0.15) is 5.10 Å². The Morgan fingerprint density at radius 2 is 1.88 bits per heavy atom. The average molecular weight is 489 g/mol. The van der Waals surface area contributed by atoms with Crippen LogP contribution < -0.4 is 9.73 Å². The Bertz CT molecular complexity index is 931. The lowest BCUT2D eigenvalue weighted by molar-refractivity contribution is -0.119. The van der Waals surface area contributed by atoms with Crippen LogP contribution in [0.2, 0.25) is 0 Å². The summed E-state index contributed by atoms with van der Waals surface area (Å²) in [6.45, 7) is 1.27. The van der Waals surface area contributed by atoms with Gasteiger partial charge in [-0.1, -0.05) is 12.1 Å². The first-order valence-corrected chi connectivity index (χ1v) is 10.4. The standard InChI is InChI=1S/C17H17FIN3O3S/c1-12(13-4-3-5-15(19)10-13)20-21-17(23)11-22(26(2,24)25)16-8-6-14(18)7-9-16/h3-10H,11H2,1-2H3,(H,21,23)/b20-12-. The van der Waals surface area contributed by atoms with Crippen molar-refractivity contribution in [3.63, 3.8) is 0 Å². The van der Waals surface area contributed by atoms with Gasteiger partial charge in [0, 0.05) is 3.57 Å². The Kier molecular flexibility index (Phi) is 6.70. The highest BCUT2D eigenvalue weighted by Gasteiger charge is 2.20. The number of nitrogens with zero attached hydrogens (tertiary/aromatic N) is 2. The predicted molar refractivity (Wildman–Crippen MR) is 108 cm³/mol. The Hall–Kier alpha value is -2.01. The molecule has 0 spiro atoms. The van der Waals surface area contributed by atoms with Crippen molar-refractivity contribution in [2.75, 3.05) is 17.1 Å². The number of hydrazone groups is 1. The Balaban J connectivity index is 2.12. The van der Waals surface area contributed by atoms with Gasteiger partial charge in [-0.25, -0.2) is 18.2 Å². The Morgan fingerprint density at radius 3 is 2.46 bits per heavy atom. The van der Waals surface area contributed by atoms with Crippen molar-refractivity contribution in [3.8, 4) is 0 Å². The van der Waals surface area contributed by atoms with E-state index in [4.69, 9.17) is 0 Å². The van der Waals surface area contributed by atoms with Crippen molar-refractivity contribution in [2.45, 2.75) is 6.92 Å². The fourth-order valence-electron chi connectivity index (χ4n) is 2.10. The summed E-state index contributed by atoms with van der Waals surface area (Å²) in [5.74, 6) is -1.10. The Morgan fingerprint density at radius 1 is 1.23 bits per heavy atom. The van der Waals surface area contributed by atoms with Gasteiger partial charge in [0.2, 0.25) is 10.0 Å². The van der Waals surface area contributed by atoms with Gasteiger partial charge in [0.1, 0.15) is 12.4 Å². The number of sulfonamides is 1. The number of halogens is 2. The fourth-order valence-corrected chi connectivity index (χ4v) is 3.50. The van der Waals surface area contributed by atoms with Crippen LogP contribution in [-0.4, -0.2) is 32.8 Å². The van der Waals surface area contributed by atoms with Crippen LogP contribution in [0.25, 0.3) is 0 Å². The largest absolute Gasteiger partial charge is 0.271 e. The molecular formula is C17H17FIN3O3S. The van der Waals surface area contributed by atoms with E-state index in [0.29, 0.717) is 5.71 Å². The second-order valence-electron chi connectivity index (χ2n) is 5.49. The quantitative estimate of drug-likeness (QED) is 0.385. The van der Waals surface area contributed by atoms with Crippen LogP contribution in [0.5, 0.6) is 0 Å². The highest BCUT2D eigenvalue weighted by Crippen LogP contribution is 2.17. The number of carbonyl (C=O) groups excluding carboxylic acids is 1. The zero-order valence-electron chi connectivity index (χ0n) is 14.1. The molecule has 0 fully saturated rings. The van der Waals surface area contributed by atoms with Crippen LogP contribution >= 0.6 is 22.6 Å². The first kappa shape index (κ1) is 20.3. The van der Waals surface area contributed by atoms with Crippen LogP contribution in [0.3, 0.4) is 0 Å². The monoisotopic (exact) mass is 489 g/mol. The van der Waals surface area contributed by atoms with Gasteiger partial charge in [-0.15, -0.1) is 0 Å². The maximum absolute atomic E-state index is 13.0. The molecule has 9 heteroatoms. The smallest absolute Gasteiger partial charge is 0.260 e. The van der Waals surface area contributed by atoms with E-state index in [1.165, 1.54) is 12.1 Å². The second-order valence-corrected chi connectivity index (χ2v) is 8.64. The van der Waals surface area contributed by atoms with Crippen molar-refractivity contribution in [1.29, 1.82) is 0 Å². The van der Waals surface area contributed by atoms with Crippen molar-refractivity contribution in [3.05, 3.63) is 63.5 Å². The van der Waals surface area contributed by atoms with E-state index in [9.17, 15) is 17.6 Å². The molecule has 26 heavy (non-hydrogen) atoms. The molecule has 0 saturated carbocycles. The van der Waals surface area contributed by atoms with Gasteiger partial charge < -0.3 is 0 Å². The molecule has 1 N–H and O–H groups in total. The molecule has 0 saturated heterocycles. The molecule has 2 aromatic rings. The lowest BCUT2D eigenvalue weighted by Gasteiger charge is -2.21. The molecule has 0 heterocycles. The summed E-state index contributed by atoms with van der Waals surface area (Å²) in [5.41, 5.74) is 3.98. The SMILES string of the molecule is C/C(=N/NC(=O)CN(c1ccc(F)cc1)S(C)(=O)=O)c1cccc(I)c1. The third-order valence-electron chi connectivity index (χ3n) is 3.39. The number of rotatable bonds is 6. The van der Waals surface area contributed by atoms with E-state index < -0.39 is 28.3 Å². The molecule has 2 rings (SSSR count). The highest BCUT2D eigenvalue weighted by atomic mass is 127. The number of nitrogens with one attached hydrogen (secondary N) is 1. The number of hydrogen-bond acceptors (Lipinski definition) is 4. The molecule has 138 valence electrons. The summed E-state index contributed by atoms with van der Waals surface area (Å²) in [6.07, 6.45) is 0.976. The summed E-state index contributed by atoms with van der Waals surface area (Å²) < 4.78 is 38.9. The summed E-state index contributed by atoms with van der Waals surface area (Å²) in [5, 5.41) is 4.01. The zero-order valence-corrected chi connectivity index (χ0v) is 17.1. The molecule has 6 nitrogen and oxygen atoms in total. The minimum Gasteiger partial charge on any atom is -0.271 e. The maximum Gasteiger partial charge on any atom is 0.260 e. The number of carbonyl (C=O) groups is 1. The van der Waals surface area contributed by atoms with Crippen LogP contribution in [0.1, 0.15) is 12.5 Å². The summed E-state index contributed by atoms with van der Waals surface area (Å²) in [4.78, 5) is 12.1. The van der Waals surface area contributed by atoms with E-state index in [2.05, 4.69) is 33.1 Å². The molecule has 0 aromatic heterocycles. The van der Waals surface area contributed by atoms with Crippen LogP contribution in [0.4, 0.5) is 10.1 Å². The third-order valence-corrected chi connectivity index (χ3v) is 5.20. The molecule has 2 aromatic carbocycles. The summed E-state index contributed by atoms with van der Waals surface area (Å²) in [6, 6.07) is 12.4. The normalized spacial score (nSPS) is 11.9. The van der Waals surface area contributed by atoms with Crippen molar-refractivity contribution < 1.29 is 17.6 Å².